The lowest BCUT2D eigenvalue weighted by Crippen LogP contribution is -2.38. The molecule has 1 aromatic heterocycles. The monoisotopic (exact) mass is 333 g/mol. The van der Waals surface area contributed by atoms with Crippen LogP contribution in [0.2, 0.25) is 0 Å². The van der Waals surface area contributed by atoms with Crippen LogP contribution in [0.5, 0.6) is 0 Å². The molecule has 2 aromatic rings. The van der Waals surface area contributed by atoms with Crippen LogP contribution >= 0.6 is 0 Å². The molecule has 2 aliphatic rings. The van der Waals surface area contributed by atoms with Crippen molar-refractivity contribution in [1.29, 1.82) is 0 Å². The molecule has 0 radical (unpaired) electrons. The first-order valence-electron chi connectivity index (χ1n) is 8.58. The Morgan fingerprint density at radius 2 is 1.83 bits per heavy atom. The van der Waals surface area contributed by atoms with Crippen molar-refractivity contribution in [2.24, 2.45) is 0 Å². The average molecular weight is 333 g/mol. The van der Waals surface area contributed by atoms with Crippen LogP contribution in [0.4, 0.5) is 8.78 Å². The first-order valence-corrected chi connectivity index (χ1v) is 8.58. The molecule has 1 aliphatic heterocycles. The van der Waals surface area contributed by atoms with Gasteiger partial charge in [0.15, 0.2) is 0 Å². The Balaban J connectivity index is 1.61. The summed E-state index contributed by atoms with van der Waals surface area (Å²) in [7, 11) is 0. The summed E-state index contributed by atoms with van der Waals surface area (Å²) in [6.45, 7) is 1.61. The van der Waals surface area contributed by atoms with Gasteiger partial charge in [-0.15, -0.1) is 0 Å². The van der Waals surface area contributed by atoms with Crippen molar-refractivity contribution in [2.75, 3.05) is 13.2 Å². The van der Waals surface area contributed by atoms with Crippen LogP contribution in [0.3, 0.4) is 0 Å². The molecule has 4 nitrogen and oxygen atoms in total. The van der Waals surface area contributed by atoms with E-state index >= 15 is 0 Å². The summed E-state index contributed by atoms with van der Waals surface area (Å²) in [4.78, 5) is 0. The van der Waals surface area contributed by atoms with Crippen molar-refractivity contribution in [3.63, 3.8) is 0 Å². The molecular weight excluding hydrogens is 312 g/mol. The molecule has 24 heavy (non-hydrogen) atoms. The molecule has 128 valence electrons. The Morgan fingerprint density at radius 3 is 2.58 bits per heavy atom. The number of fused-ring (bicyclic) bond motifs is 1. The SMILES string of the molecule is Fc1cc(F)cc(-n2ncc3c2CCC[C@H]3NC2CCOCC2)c1. The predicted molar refractivity (Wildman–Crippen MR) is 86.1 cm³/mol. The van der Waals surface area contributed by atoms with Crippen LogP contribution in [-0.2, 0) is 11.2 Å². The molecule has 1 atom stereocenters. The highest BCUT2D eigenvalue weighted by molar-refractivity contribution is 5.38. The zero-order valence-electron chi connectivity index (χ0n) is 13.5. The molecule has 0 bridgehead atoms. The highest BCUT2D eigenvalue weighted by atomic mass is 19.1. The van der Waals surface area contributed by atoms with Crippen LogP contribution in [0.25, 0.3) is 5.69 Å². The Labute approximate surface area is 139 Å². The number of nitrogens with zero attached hydrogens (tertiary/aromatic N) is 2. The summed E-state index contributed by atoms with van der Waals surface area (Å²) in [5, 5.41) is 8.13. The van der Waals surface area contributed by atoms with E-state index in [0.717, 1.165) is 62.6 Å². The molecular formula is C18H21F2N3O. The minimum atomic E-state index is -0.582. The summed E-state index contributed by atoms with van der Waals surface area (Å²) in [5.74, 6) is -1.16. The number of hydrogen-bond donors (Lipinski definition) is 1. The van der Waals surface area contributed by atoms with E-state index in [-0.39, 0.29) is 6.04 Å². The first kappa shape index (κ1) is 15.7. The van der Waals surface area contributed by atoms with E-state index in [1.165, 1.54) is 12.1 Å². The van der Waals surface area contributed by atoms with Gasteiger partial charge in [-0.1, -0.05) is 0 Å². The fourth-order valence-corrected chi connectivity index (χ4v) is 3.76. The lowest BCUT2D eigenvalue weighted by Gasteiger charge is -2.31. The summed E-state index contributed by atoms with van der Waals surface area (Å²) in [6, 6.07) is 4.25. The quantitative estimate of drug-likeness (QED) is 0.937. The third-order valence-corrected chi connectivity index (χ3v) is 4.93. The van der Waals surface area contributed by atoms with E-state index in [1.807, 2.05) is 6.20 Å². The van der Waals surface area contributed by atoms with Gasteiger partial charge in [0, 0.05) is 42.6 Å². The maximum absolute atomic E-state index is 13.5. The summed E-state index contributed by atoms with van der Waals surface area (Å²) in [5.41, 5.74) is 2.65. The molecule has 1 fully saturated rings. The molecule has 1 N–H and O–H groups in total. The first-order chi connectivity index (χ1) is 11.7. The molecule has 0 amide bonds. The van der Waals surface area contributed by atoms with E-state index in [0.29, 0.717) is 11.7 Å². The van der Waals surface area contributed by atoms with Gasteiger partial charge in [0.05, 0.1) is 11.9 Å². The lowest BCUT2D eigenvalue weighted by molar-refractivity contribution is 0.0741. The van der Waals surface area contributed by atoms with Crippen molar-refractivity contribution < 1.29 is 13.5 Å². The van der Waals surface area contributed by atoms with Gasteiger partial charge in [0.2, 0.25) is 0 Å². The van der Waals surface area contributed by atoms with E-state index in [9.17, 15) is 8.78 Å². The average Bonchev–Trinajstić information content (AvgIpc) is 3.00. The number of ether oxygens (including phenoxy) is 1. The van der Waals surface area contributed by atoms with Gasteiger partial charge in [-0.05, 0) is 44.2 Å². The van der Waals surface area contributed by atoms with E-state index in [1.54, 1.807) is 4.68 Å². The van der Waals surface area contributed by atoms with Gasteiger partial charge in [-0.3, -0.25) is 0 Å². The number of rotatable bonds is 3. The van der Waals surface area contributed by atoms with Crippen LogP contribution in [-0.4, -0.2) is 29.0 Å². The van der Waals surface area contributed by atoms with Gasteiger partial charge in [-0.25, -0.2) is 13.5 Å². The summed E-state index contributed by atoms with van der Waals surface area (Å²) >= 11 is 0. The second-order valence-corrected chi connectivity index (χ2v) is 6.58. The van der Waals surface area contributed by atoms with E-state index < -0.39 is 11.6 Å². The second-order valence-electron chi connectivity index (χ2n) is 6.58. The van der Waals surface area contributed by atoms with Crippen LogP contribution in [0, 0.1) is 11.6 Å². The molecule has 6 heteroatoms. The van der Waals surface area contributed by atoms with Gasteiger partial charge >= 0.3 is 0 Å². The Morgan fingerprint density at radius 1 is 1.08 bits per heavy atom. The summed E-state index contributed by atoms with van der Waals surface area (Å²) < 4.78 is 34.2. The number of benzene rings is 1. The normalized spacial score (nSPS) is 21.7. The topological polar surface area (TPSA) is 39.1 Å². The highest BCUT2D eigenvalue weighted by Gasteiger charge is 2.27. The maximum Gasteiger partial charge on any atom is 0.128 e. The molecule has 2 heterocycles. The molecule has 1 saturated heterocycles. The Kier molecular flexibility index (Phi) is 4.33. The number of hydrogen-bond acceptors (Lipinski definition) is 3. The van der Waals surface area contributed by atoms with Crippen molar-refractivity contribution in [1.82, 2.24) is 15.1 Å². The molecule has 0 unspecified atom stereocenters. The van der Waals surface area contributed by atoms with Crippen molar-refractivity contribution >= 4 is 0 Å². The zero-order valence-corrected chi connectivity index (χ0v) is 13.5. The number of halogens is 2. The van der Waals surface area contributed by atoms with Gasteiger partial charge < -0.3 is 10.1 Å². The fourth-order valence-electron chi connectivity index (χ4n) is 3.76. The minimum absolute atomic E-state index is 0.254. The smallest absolute Gasteiger partial charge is 0.128 e. The lowest BCUT2D eigenvalue weighted by atomic mass is 9.91. The van der Waals surface area contributed by atoms with Crippen molar-refractivity contribution in [3.05, 3.63) is 47.3 Å². The van der Waals surface area contributed by atoms with Crippen molar-refractivity contribution in [3.8, 4) is 5.69 Å². The maximum atomic E-state index is 13.5. The largest absolute Gasteiger partial charge is 0.381 e. The van der Waals surface area contributed by atoms with Crippen LogP contribution in [0.15, 0.2) is 24.4 Å². The van der Waals surface area contributed by atoms with Gasteiger partial charge in [0.1, 0.15) is 11.6 Å². The standard InChI is InChI=1S/C18H21F2N3O/c19-12-8-13(20)10-15(9-12)23-18-3-1-2-17(16(18)11-21-23)22-14-4-6-24-7-5-14/h8-11,14,17,22H,1-7H2/t17-/m1/s1. The highest BCUT2D eigenvalue weighted by Crippen LogP contribution is 2.32. The van der Waals surface area contributed by atoms with Crippen LogP contribution in [0.1, 0.15) is 43.0 Å². The second kappa shape index (κ2) is 6.61. The zero-order chi connectivity index (χ0) is 16.5. The number of aromatic nitrogens is 2. The van der Waals surface area contributed by atoms with Crippen LogP contribution < -0.4 is 5.32 Å². The molecule has 4 rings (SSSR count). The van der Waals surface area contributed by atoms with Gasteiger partial charge in [-0.2, -0.15) is 5.10 Å². The molecule has 1 aromatic carbocycles. The predicted octanol–water partition coefficient (Wildman–Crippen LogP) is 3.30. The van der Waals surface area contributed by atoms with E-state index in [4.69, 9.17) is 4.74 Å². The molecule has 1 aliphatic carbocycles. The summed E-state index contributed by atoms with van der Waals surface area (Å²) in [6.07, 6.45) is 6.86. The van der Waals surface area contributed by atoms with Gasteiger partial charge in [0.25, 0.3) is 0 Å². The Bertz CT molecular complexity index is 705. The van der Waals surface area contributed by atoms with E-state index in [2.05, 4.69) is 10.4 Å². The number of nitrogens with one attached hydrogen (secondary N) is 1. The van der Waals surface area contributed by atoms with Crippen molar-refractivity contribution in [2.45, 2.75) is 44.2 Å². The minimum Gasteiger partial charge on any atom is -0.381 e. The third-order valence-electron chi connectivity index (χ3n) is 4.93. The molecule has 0 saturated carbocycles. The fraction of sp³-hybridized carbons (Fsp3) is 0.500. The Hall–Kier alpha value is -1.79. The molecule has 0 spiro atoms. The third kappa shape index (κ3) is 3.08.